The van der Waals surface area contributed by atoms with Gasteiger partial charge in [-0.25, -0.2) is 19.2 Å². The van der Waals surface area contributed by atoms with E-state index in [2.05, 4.69) is 15.4 Å². The van der Waals surface area contributed by atoms with Crippen molar-refractivity contribution in [2.24, 2.45) is 5.41 Å². The minimum atomic E-state index is -0.984. The molecule has 3 aromatic rings. The van der Waals surface area contributed by atoms with Gasteiger partial charge in [0, 0.05) is 17.0 Å². The summed E-state index contributed by atoms with van der Waals surface area (Å²) in [5.74, 6) is -1.07. The van der Waals surface area contributed by atoms with Gasteiger partial charge in [-0.05, 0) is 19.1 Å². The van der Waals surface area contributed by atoms with Gasteiger partial charge in [-0.1, -0.05) is 32.9 Å². The van der Waals surface area contributed by atoms with Crippen molar-refractivity contribution in [3.8, 4) is 0 Å². The van der Waals surface area contributed by atoms with E-state index in [4.69, 9.17) is 4.84 Å². The van der Waals surface area contributed by atoms with Crippen LogP contribution in [0.5, 0.6) is 0 Å². The van der Waals surface area contributed by atoms with E-state index in [1.165, 1.54) is 4.40 Å². The summed E-state index contributed by atoms with van der Waals surface area (Å²) in [6.45, 7) is 6.66. The first-order valence-corrected chi connectivity index (χ1v) is 7.99. The lowest BCUT2D eigenvalue weighted by molar-refractivity contribution is -0.137. The van der Waals surface area contributed by atoms with Gasteiger partial charge in [0.15, 0.2) is 0 Å². The number of rotatable bonds is 1. The maximum absolute atomic E-state index is 12.7. The lowest BCUT2D eigenvalue weighted by Gasteiger charge is -2.16. The van der Waals surface area contributed by atoms with Crippen LogP contribution in [0.15, 0.2) is 35.3 Å². The molecular formula is C18H18N4O4. The molecule has 0 aliphatic heterocycles. The summed E-state index contributed by atoms with van der Waals surface area (Å²) in [7, 11) is 0. The van der Waals surface area contributed by atoms with Crippen LogP contribution in [0.4, 0.5) is 0 Å². The highest BCUT2D eigenvalue weighted by Crippen LogP contribution is 2.17. The molecule has 134 valence electrons. The predicted octanol–water partition coefficient (Wildman–Crippen LogP) is 1.79. The third kappa shape index (κ3) is 3.01. The Morgan fingerprint density at radius 1 is 1.19 bits per heavy atom. The highest BCUT2D eigenvalue weighted by atomic mass is 16.7. The number of aryl methyl sites for hydroxylation is 1. The summed E-state index contributed by atoms with van der Waals surface area (Å²) in [4.78, 5) is 50.1. The summed E-state index contributed by atoms with van der Waals surface area (Å²) >= 11 is 0. The van der Waals surface area contributed by atoms with Gasteiger partial charge in [-0.3, -0.25) is 9.59 Å². The number of para-hydroxylation sites is 1. The summed E-state index contributed by atoms with van der Waals surface area (Å²) in [6.07, 6.45) is 1.15. The Kier molecular flexibility index (Phi) is 4.19. The van der Waals surface area contributed by atoms with Gasteiger partial charge in [0.2, 0.25) is 0 Å². The molecule has 1 aromatic carbocycles. The summed E-state index contributed by atoms with van der Waals surface area (Å²) in [6, 6.07) is 7.27. The van der Waals surface area contributed by atoms with Gasteiger partial charge in [0.25, 0.3) is 11.5 Å². The highest BCUT2D eigenvalue weighted by molar-refractivity contribution is 5.93. The van der Waals surface area contributed by atoms with Crippen LogP contribution >= 0.6 is 0 Å². The van der Waals surface area contributed by atoms with Crippen LogP contribution in [-0.2, 0) is 9.63 Å². The maximum Gasteiger partial charge on any atom is 0.370 e. The zero-order valence-electron chi connectivity index (χ0n) is 14.9. The van der Waals surface area contributed by atoms with Gasteiger partial charge in [0.05, 0.1) is 5.52 Å². The van der Waals surface area contributed by atoms with E-state index >= 15 is 0 Å². The van der Waals surface area contributed by atoms with Crippen LogP contribution in [0, 0.1) is 12.3 Å². The third-order valence-corrected chi connectivity index (χ3v) is 3.85. The van der Waals surface area contributed by atoms with Crippen molar-refractivity contribution in [3.05, 3.63) is 52.2 Å². The summed E-state index contributed by atoms with van der Waals surface area (Å²) in [5.41, 5.74) is 1.51. The Labute approximate surface area is 148 Å². The normalized spacial score (nSPS) is 11.5. The first-order valence-electron chi connectivity index (χ1n) is 7.99. The molecule has 8 nitrogen and oxygen atoms in total. The van der Waals surface area contributed by atoms with Gasteiger partial charge in [-0.15, -0.1) is 0 Å². The molecule has 0 aliphatic rings. The second kappa shape index (κ2) is 6.21. The molecule has 0 fully saturated rings. The van der Waals surface area contributed by atoms with Crippen molar-refractivity contribution >= 4 is 28.4 Å². The number of nitrogens with one attached hydrogen (secondary N) is 1. The molecule has 0 radical (unpaired) electrons. The number of aromatic nitrogens is 3. The number of fused-ring (bicyclic) bond motifs is 3. The van der Waals surface area contributed by atoms with Gasteiger partial charge in [0.1, 0.15) is 17.0 Å². The van der Waals surface area contributed by atoms with Crippen molar-refractivity contribution in [2.75, 3.05) is 0 Å². The molecule has 0 unspecified atom stereocenters. The lowest BCUT2D eigenvalue weighted by Crippen LogP contribution is -2.37. The fourth-order valence-corrected chi connectivity index (χ4v) is 2.37. The summed E-state index contributed by atoms with van der Waals surface area (Å²) in [5, 5.41) is 0.691. The molecule has 0 aliphatic carbocycles. The Bertz CT molecular complexity index is 1100. The molecule has 0 spiro atoms. The molecule has 26 heavy (non-hydrogen) atoms. The van der Waals surface area contributed by atoms with Crippen LogP contribution in [0.1, 0.15) is 37.0 Å². The quantitative estimate of drug-likeness (QED) is 0.528. The van der Waals surface area contributed by atoms with Crippen LogP contribution in [0.2, 0.25) is 0 Å². The molecule has 1 amide bonds. The minimum absolute atomic E-state index is 0.295. The average Bonchev–Trinajstić information content (AvgIpc) is 2.58. The first-order chi connectivity index (χ1) is 12.2. The van der Waals surface area contributed by atoms with Gasteiger partial charge < -0.3 is 4.84 Å². The number of hydrogen-bond acceptors (Lipinski definition) is 6. The Hall–Kier alpha value is -3.29. The van der Waals surface area contributed by atoms with Crippen LogP contribution < -0.4 is 11.0 Å². The van der Waals surface area contributed by atoms with E-state index in [1.807, 2.05) is 18.2 Å². The molecule has 3 rings (SSSR count). The molecule has 2 aromatic heterocycles. The molecule has 0 saturated heterocycles. The fraction of sp³-hybridized carbons (Fsp3) is 0.278. The largest absolute Gasteiger partial charge is 0.370 e. The SMILES string of the molecule is Cc1nc2ccccc2c2ncc(C(=O)ONC(=O)C(C)(C)C)c(=O)n12. The maximum atomic E-state index is 12.7. The Morgan fingerprint density at radius 2 is 1.88 bits per heavy atom. The van der Waals surface area contributed by atoms with E-state index in [0.717, 1.165) is 6.20 Å². The molecule has 0 saturated carbocycles. The van der Waals surface area contributed by atoms with Crippen molar-refractivity contribution in [3.63, 3.8) is 0 Å². The number of carbonyl (C=O) groups excluding carboxylic acids is 2. The van der Waals surface area contributed by atoms with Crippen molar-refractivity contribution < 1.29 is 14.4 Å². The lowest BCUT2D eigenvalue weighted by atomic mass is 9.96. The van der Waals surface area contributed by atoms with Gasteiger partial charge >= 0.3 is 5.97 Å². The smallest absolute Gasteiger partial charge is 0.335 e. The zero-order valence-corrected chi connectivity index (χ0v) is 14.9. The number of hydrogen-bond donors (Lipinski definition) is 1. The van der Waals surface area contributed by atoms with E-state index in [-0.39, 0.29) is 5.56 Å². The molecular weight excluding hydrogens is 336 g/mol. The minimum Gasteiger partial charge on any atom is -0.335 e. The second-order valence-electron chi connectivity index (χ2n) is 6.88. The Balaban J connectivity index is 2.03. The number of nitrogens with zero attached hydrogens (tertiary/aromatic N) is 3. The van der Waals surface area contributed by atoms with Crippen LogP contribution in [-0.4, -0.2) is 26.2 Å². The monoisotopic (exact) mass is 354 g/mol. The Morgan fingerprint density at radius 3 is 2.58 bits per heavy atom. The van der Waals surface area contributed by atoms with Crippen LogP contribution in [0.25, 0.3) is 16.6 Å². The first kappa shape index (κ1) is 17.5. The topological polar surface area (TPSA) is 103 Å². The predicted molar refractivity (Wildman–Crippen MR) is 94.5 cm³/mol. The molecule has 1 N–H and O–H groups in total. The average molecular weight is 354 g/mol. The third-order valence-electron chi connectivity index (χ3n) is 3.85. The van der Waals surface area contributed by atoms with Crippen molar-refractivity contribution in [2.45, 2.75) is 27.7 Å². The van der Waals surface area contributed by atoms with Crippen molar-refractivity contribution in [1.29, 1.82) is 0 Å². The number of hydroxylamine groups is 1. The van der Waals surface area contributed by atoms with E-state index < -0.39 is 22.9 Å². The molecule has 2 heterocycles. The summed E-state index contributed by atoms with van der Waals surface area (Å²) < 4.78 is 1.25. The highest BCUT2D eigenvalue weighted by Gasteiger charge is 2.24. The standard InChI is InChI=1S/C18H18N4O4/c1-10-20-13-8-6-5-7-11(13)14-19-9-12(15(23)22(10)14)16(24)26-21-17(25)18(2,3)4/h5-9H,1-4H3,(H,21,25). The van der Waals surface area contributed by atoms with E-state index in [9.17, 15) is 14.4 Å². The van der Waals surface area contributed by atoms with E-state index in [1.54, 1.807) is 33.8 Å². The molecule has 8 heteroatoms. The van der Waals surface area contributed by atoms with Crippen molar-refractivity contribution in [1.82, 2.24) is 19.8 Å². The van der Waals surface area contributed by atoms with E-state index in [0.29, 0.717) is 22.4 Å². The number of amides is 1. The van der Waals surface area contributed by atoms with Gasteiger partial charge in [-0.2, -0.15) is 5.48 Å². The second-order valence-corrected chi connectivity index (χ2v) is 6.88. The number of benzene rings is 1. The molecule has 0 atom stereocenters. The number of carbonyl (C=O) groups is 2. The molecule has 0 bridgehead atoms. The fourth-order valence-electron chi connectivity index (χ4n) is 2.37. The zero-order chi connectivity index (χ0) is 19.1. The van der Waals surface area contributed by atoms with Crippen LogP contribution in [0.3, 0.4) is 0 Å².